The van der Waals surface area contributed by atoms with Crippen molar-refractivity contribution in [2.24, 2.45) is 0 Å². The van der Waals surface area contributed by atoms with Crippen LogP contribution < -0.4 is 9.64 Å². The van der Waals surface area contributed by atoms with E-state index in [1.807, 2.05) is 0 Å². The molecule has 1 amide bonds. The van der Waals surface area contributed by atoms with E-state index in [0.29, 0.717) is 17.9 Å². The third kappa shape index (κ3) is 2.88. The molecule has 0 aliphatic carbocycles. The summed E-state index contributed by atoms with van der Waals surface area (Å²) in [6, 6.07) is 6.99. The minimum absolute atomic E-state index is 0.174. The lowest BCUT2D eigenvalue weighted by molar-refractivity contribution is -0.159. The quantitative estimate of drug-likeness (QED) is 0.763. The molecule has 0 bridgehead atoms. The summed E-state index contributed by atoms with van der Waals surface area (Å²) in [7, 11) is 0. The zero-order valence-electron chi connectivity index (χ0n) is 11.8. The number of hydrogen-bond donors (Lipinski definition) is 0. The molecule has 1 aromatic rings. The Labute approximate surface area is 126 Å². The summed E-state index contributed by atoms with van der Waals surface area (Å²) in [5, 5.41) is 0. The average molecular weight is 305 g/mol. The molecule has 0 radical (unpaired) electrons. The molecular formula is C15H15NO6. The van der Waals surface area contributed by atoms with Gasteiger partial charge in [-0.3, -0.25) is 14.5 Å². The number of nitrogens with zero attached hydrogens (tertiary/aromatic N) is 1. The van der Waals surface area contributed by atoms with Crippen LogP contribution in [0.15, 0.2) is 24.3 Å². The number of benzene rings is 1. The number of carbonyl (C=O) groups excluding carboxylic acids is 3. The molecule has 0 unspecified atom stereocenters. The Bertz CT molecular complexity index is 614. The zero-order chi connectivity index (χ0) is 15.5. The molecule has 1 aromatic carbocycles. The molecule has 1 saturated heterocycles. The van der Waals surface area contributed by atoms with Crippen molar-refractivity contribution in [1.29, 1.82) is 0 Å². The number of hydrogen-bond acceptors (Lipinski definition) is 6. The average Bonchev–Trinajstić information content (AvgIpc) is 2.83. The third-order valence-electron chi connectivity index (χ3n) is 3.48. The summed E-state index contributed by atoms with van der Waals surface area (Å²) in [6.07, 6.45) is -0.355. The van der Waals surface area contributed by atoms with Gasteiger partial charge < -0.3 is 14.2 Å². The summed E-state index contributed by atoms with van der Waals surface area (Å²) in [5.41, 5.74) is 0.524. The molecule has 1 fully saturated rings. The smallest absolute Gasteiger partial charge is 0.347 e. The van der Waals surface area contributed by atoms with Gasteiger partial charge in [-0.15, -0.1) is 0 Å². The van der Waals surface area contributed by atoms with E-state index >= 15 is 0 Å². The summed E-state index contributed by atoms with van der Waals surface area (Å²) in [6.45, 7) is 0.245. The molecule has 7 heteroatoms. The van der Waals surface area contributed by atoms with Gasteiger partial charge in [0.05, 0.1) is 25.3 Å². The van der Waals surface area contributed by atoms with E-state index < -0.39 is 18.0 Å². The van der Waals surface area contributed by atoms with Crippen molar-refractivity contribution in [3.05, 3.63) is 24.3 Å². The highest BCUT2D eigenvalue weighted by Crippen LogP contribution is 2.30. The molecule has 0 saturated carbocycles. The highest BCUT2D eigenvalue weighted by molar-refractivity contribution is 5.99. The normalized spacial score (nSPS) is 20.7. The van der Waals surface area contributed by atoms with E-state index in [1.54, 1.807) is 24.3 Å². The highest BCUT2D eigenvalue weighted by atomic mass is 16.6. The lowest BCUT2D eigenvalue weighted by Gasteiger charge is -2.21. The molecule has 2 heterocycles. The predicted molar refractivity (Wildman–Crippen MR) is 74.4 cm³/mol. The number of ether oxygens (including phenoxy) is 3. The van der Waals surface area contributed by atoms with Crippen molar-refractivity contribution in [3.8, 4) is 5.75 Å². The fourth-order valence-electron chi connectivity index (χ4n) is 2.40. The van der Waals surface area contributed by atoms with Crippen LogP contribution >= 0.6 is 0 Å². The van der Waals surface area contributed by atoms with Crippen molar-refractivity contribution in [2.75, 3.05) is 24.7 Å². The summed E-state index contributed by atoms with van der Waals surface area (Å²) in [4.78, 5) is 36.8. The number of rotatable bonds is 3. The third-order valence-corrected chi connectivity index (χ3v) is 3.48. The first-order valence-electron chi connectivity index (χ1n) is 7.03. The van der Waals surface area contributed by atoms with E-state index in [-0.39, 0.29) is 32.1 Å². The molecule has 0 aromatic heterocycles. The Hall–Kier alpha value is -2.57. The monoisotopic (exact) mass is 305 g/mol. The van der Waals surface area contributed by atoms with Gasteiger partial charge in [-0.05, 0) is 12.1 Å². The van der Waals surface area contributed by atoms with Crippen LogP contribution in [0.4, 0.5) is 5.69 Å². The van der Waals surface area contributed by atoms with Crippen molar-refractivity contribution in [2.45, 2.75) is 18.9 Å². The highest BCUT2D eigenvalue weighted by Gasteiger charge is 2.32. The summed E-state index contributed by atoms with van der Waals surface area (Å²) >= 11 is 0. The van der Waals surface area contributed by atoms with Crippen molar-refractivity contribution in [3.63, 3.8) is 0 Å². The molecule has 0 N–H and O–H groups in total. The minimum Gasteiger partial charge on any atom is -0.491 e. The molecule has 22 heavy (non-hydrogen) atoms. The van der Waals surface area contributed by atoms with Gasteiger partial charge >= 0.3 is 11.9 Å². The van der Waals surface area contributed by atoms with Gasteiger partial charge in [-0.1, -0.05) is 12.1 Å². The van der Waals surface area contributed by atoms with E-state index in [4.69, 9.17) is 14.2 Å². The molecular weight excluding hydrogens is 290 g/mol. The van der Waals surface area contributed by atoms with E-state index in [0.717, 1.165) is 0 Å². The number of anilines is 1. The van der Waals surface area contributed by atoms with Gasteiger partial charge in [0.25, 0.3) is 0 Å². The molecule has 2 aliphatic heterocycles. The van der Waals surface area contributed by atoms with Crippen molar-refractivity contribution >= 4 is 23.5 Å². The van der Waals surface area contributed by atoms with Crippen LogP contribution in [0, 0.1) is 0 Å². The number of carbonyl (C=O) groups is 3. The standard InChI is InChI=1S/C15H15NO6/c17-13-6-8-20-11-4-2-1-3-10(11)16(13)9-14(18)22-12-5-7-21-15(12)19/h1-4,12H,5-9H2/t12-/m0/s1. The second kappa shape index (κ2) is 6.05. The molecule has 116 valence electrons. The number of amides is 1. The Morgan fingerprint density at radius 3 is 2.82 bits per heavy atom. The van der Waals surface area contributed by atoms with Gasteiger partial charge in [0.1, 0.15) is 12.3 Å². The van der Waals surface area contributed by atoms with Gasteiger partial charge in [0.15, 0.2) is 0 Å². The molecule has 2 aliphatic rings. The number of esters is 2. The lowest BCUT2D eigenvalue weighted by Crippen LogP contribution is -2.37. The van der Waals surface area contributed by atoms with Crippen LogP contribution in [0.25, 0.3) is 0 Å². The van der Waals surface area contributed by atoms with Crippen molar-refractivity contribution < 1.29 is 28.6 Å². The summed E-state index contributed by atoms with van der Waals surface area (Å²) < 4.78 is 15.3. The van der Waals surface area contributed by atoms with Crippen LogP contribution in [0.3, 0.4) is 0 Å². The Kier molecular flexibility index (Phi) is 3.95. The Balaban J connectivity index is 1.73. The summed E-state index contributed by atoms with van der Waals surface area (Å²) in [5.74, 6) is -0.870. The van der Waals surface area contributed by atoms with Crippen molar-refractivity contribution in [1.82, 2.24) is 0 Å². The van der Waals surface area contributed by atoms with Gasteiger partial charge in [-0.2, -0.15) is 0 Å². The lowest BCUT2D eigenvalue weighted by atomic mass is 10.2. The van der Waals surface area contributed by atoms with Gasteiger partial charge in [0.2, 0.25) is 12.0 Å². The number of cyclic esters (lactones) is 1. The van der Waals surface area contributed by atoms with Crippen LogP contribution in [-0.2, 0) is 23.9 Å². The maximum Gasteiger partial charge on any atom is 0.347 e. The Morgan fingerprint density at radius 2 is 2.05 bits per heavy atom. The minimum atomic E-state index is -0.874. The van der Waals surface area contributed by atoms with Crippen LogP contribution in [0.5, 0.6) is 5.75 Å². The topological polar surface area (TPSA) is 82.1 Å². The Morgan fingerprint density at radius 1 is 1.23 bits per heavy atom. The second-order valence-electron chi connectivity index (χ2n) is 4.98. The van der Waals surface area contributed by atoms with E-state index in [1.165, 1.54) is 4.90 Å². The zero-order valence-corrected chi connectivity index (χ0v) is 11.8. The van der Waals surface area contributed by atoms with Crippen LogP contribution in [-0.4, -0.2) is 43.7 Å². The van der Waals surface area contributed by atoms with Crippen LogP contribution in [0.1, 0.15) is 12.8 Å². The largest absolute Gasteiger partial charge is 0.491 e. The van der Waals surface area contributed by atoms with Gasteiger partial charge in [-0.25, -0.2) is 4.79 Å². The number of fused-ring (bicyclic) bond motifs is 1. The molecule has 0 spiro atoms. The van der Waals surface area contributed by atoms with E-state index in [2.05, 4.69) is 0 Å². The molecule has 7 nitrogen and oxygen atoms in total. The first kappa shape index (κ1) is 14.4. The number of para-hydroxylation sites is 2. The first-order valence-corrected chi connectivity index (χ1v) is 7.03. The second-order valence-corrected chi connectivity index (χ2v) is 4.98. The van der Waals surface area contributed by atoms with Gasteiger partial charge in [0, 0.05) is 6.42 Å². The predicted octanol–water partition coefficient (Wildman–Crippen LogP) is 0.661. The fraction of sp³-hybridized carbons (Fsp3) is 0.400. The maximum atomic E-state index is 12.2. The van der Waals surface area contributed by atoms with Crippen LogP contribution in [0.2, 0.25) is 0 Å². The first-order chi connectivity index (χ1) is 10.6. The molecule has 3 rings (SSSR count). The maximum absolute atomic E-state index is 12.2. The van der Waals surface area contributed by atoms with E-state index in [9.17, 15) is 14.4 Å². The molecule has 1 atom stereocenters. The fourth-order valence-corrected chi connectivity index (χ4v) is 2.40. The SMILES string of the molecule is O=C(CN1C(=O)CCOc2ccccc21)O[C@H]1CCOC1=O.